The van der Waals surface area contributed by atoms with E-state index in [1.54, 1.807) is 4.57 Å². The number of H-pyrrole nitrogens is 1. The first-order valence-electron chi connectivity index (χ1n) is 9.93. The van der Waals surface area contributed by atoms with Crippen LogP contribution in [0.2, 0.25) is 0 Å². The summed E-state index contributed by atoms with van der Waals surface area (Å²) in [5, 5.41) is 0. The van der Waals surface area contributed by atoms with Crippen molar-refractivity contribution in [3.05, 3.63) is 51.5 Å². The van der Waals surface area contributed by atoms with Crippen LogP contribution in [0.4, 0.5) is 5.82 Å². The van der Waals surface area contributed by atoms with Gasteiger partial charge in [-0.05, 0) is 55.4 Å². The van der Waals surface area contributed by atoms with Gasteiger partial charge in [-0.25, -0.2) is 4.79 Å². The molecule has 2 aliphatic heterocycles. The smallest absolute Gasteiger partial charge is 0.328 e. The third-order valence-electron chi connectivity index (χ3n) is 5.43. The number of aromatic amines is 1. The number of fused-ring (bicyclic) bond motifs is 5. The Kier molecular flexibility index (Phi) is 4.26. The van der Waals surface area contributed by atoms with Crippen molar-refractivity contribution in [1.29, 1.82) is 0 Å². The molecule has 4 heterocycles. The molecule has 8 heteroatoms. The van der Waals surface area contributed by atoms with E-state index in [-0.39, 0.29) is 23.6 Å². The Bertz CT molecular complexity index is 1180. The predicted molar refractivity (Wildman–Crippen MR) is 109 cm³/mol. The van der Waals surface area contributed by atoms with Crippen LogP contribution < -0.4 is 20.9 Å². The van der Waals surface area contributed by atoms with Gasteiger partial charge in [0, 0.05) is 0 Å². The largest absolute Gasteiger partial charge is 0.490 e. The van der Waals surface area contributed by atoms with Crippen molar-refractivity contribution in [2.75, 3.05) is 12.3 Å². The molecule has 0 spiro atoms. The van der Waals surface area contributed by atoms with Gasteiger partial charge in [0.25, 0.3) is 0 Å². The van der Waals surface area contributed by atoms with E-state index in [9.17, 15) is 4.79 Å². The highest BCUT2D eigenvalue weighted by molar-refractivity contribution is 5.82. The van der Waals surface area contributed by atoms with Gasteiger partial charge in [0.05, 0.1) is 19.3 Å². The number of rotatable bonds is 0. The molecule has 4 bridgehead atoms. The van der Waals surface area contributed by atoms with Crippen molar-refractivity contribution < 1.29 is 9.47 Å². The summed E-state index contributed by atoms with van der Waals surface area (Å²) in [6.45, 7) is 2.92. The number of allylic oxidation sites excluding steroid dienone is 1. The molecule has 1 unspecified atom stereocenters. The molecule has 0 saturated heterocycles. The van der Waals surface area contributed by atoms with Crippen LogP contribution in [0.1, 0.15) is 36.5 Å². The molecule has 8 nitrogen and oxygen atoms in total. The van der Waals surface area contributed by atoms with E-state index in [1.165, 1.54) is 5.56 Å². The third-order valence-corrected chi connectivity index (χ3v) is 5.43. The van der Waals surface area contributed by atoms with Gasteiger partial charge in [0.15, 0.2) is 11.5 Å². The molecule has 2 aromatic heterocycles. The Balaban J connectivity index is 1.68. The molecule has 0 fully saturated rings. The Morgan fingerprint density at radius 1 is 1.24 bits per heavy atom. The molecule has 5 rings (SSSR count). The summed E-state index contributed by atoms with van der Waals surface area (Å²) in [7, 11) is 0. The lowest BCUT2D eigenvalue weighted by Gasteiger charge is -2.26. The Hall–Kier alpha value is -3.29. The van der Waals surface area contributed by atoms with Gasteiger partial charge in [0.1, 0.15) is 11.3 Å². The fourth-order valence-electron chi connectivity index (χ4n) is 4.00. The molecule has 3 aromatic rings. The van der Waals surface area contributed by atoms with Gasteiger partial charge in [-0.15, -0.1) is 0 Å². The van der Waals surface area contributed by atoms with Gasteiger partial charge in [-0.2, -0.15) is 9.97 Å². The molecule has 0 aliphatic carbocycles. The standard InChI is InChI=1S/C21H23N5O3/c1-12-6-7-15-10-13-9-14(17(15)29-12)5-3-2-4-8-28-20-24-18(22)16-19(25-20)26(11-13)21(27)23-16/h2-3,9-10,12H,4-8,11H2,1H3,(H,23,27)(H2,22,24,25)/b3-2-. The van der Waals surface area contributed by atoms with E-state index in [2.05, 4.69) is 46.2 Å². The van der Waals surface area contributed by atoms with E-state index in [0.29, 0.717) is 24.3 Å². The van der Waals surface area contributed by atoms with Crippen molar-refractivity contribution in [2.24, 2.45) is 0 Å². The molecule has 150 valence electrons. The highest BCUT2D eigenvalue weighted by Crippen LogP contribution is 2.34. The minimum Gasteiger partial charge on any atom is -0.490 e. The van der Waals surface area contributed by atoms with E-state index >= 15 is 0 Å². The molecule has 0 amide bonds. The number of nitrogens with zero attached hydrogens (tertiary/aromatic N) is 3. The van der Waals surface area contributed by atoms with Crippen molar-refractivity contribution in [3.8, 4) is 11.8 Å². The van der Waals surface area contributed by atoms with Gasteiger partial charge in [-0.3, -0.25) is 4.57 Å². The van der Waals surface area contributed by atoms with Crippen LogP contribution in [0.25, 0.3) is 11.2 Å². The lowest BCUT2D eigenvalue weighted by molar-refractivity contribution is 0.190. The van der Waals surface area contributed by atoms with Crippen LogP contribution >= 0.6 is 0 Å². The number of hydrogen-bond acceptors (Lipinski definition) is 6. The second kappa shape index (κ2) is 6.95. The fourth-order valence-corrected chi connectivity index (χ4v) is 4.00. The second-order valence-corrected chi connectivity index (χ2v) is 7.63. The summed E-state index contributed by atoms with van der Waals surface area (Å²) in [6, 6.07) is 4.44. The molecular formula is C21H23N5O3. The van der Waals surface area contributed by atoms with E-state index in [0.717, 1.165) is 42.6 Å². The Morgan fingerprint density at radius 3 is 3.00 bits per heavy atom. The van der Waals surface area contributed by atoms with Crippen molar-refractivity contribution >= 4 is 17.0 Å². The minimum absolute atomic E-state index is 0.182. The first-order chi connectivity index (χ1) is 14.1. The van der Waals surface area contributed by atoms with E-state index in [1.807, 2.05) is 0 Å². The Morgan fingerprint density at radius 2 is 2.10 bits per heavy atom. The van der Waals surface area contributed by atoms with Crippen molar-refractivity contribution in [1.82, 2.24) is 19.5 Å². The number of nitrogens with one attached hydrogen (secondary N) is 1. The third kappa shape index (κ3) is 3.24. The molecule has 1 aromatic carbocycles. The fraction of sp³-hybridized carbons (Fsp3) is 0.381. The summed E-state index contributed by atoms with van der Waals surface area (Å²) in [6.07, 6.45) is 7.88. The number of ether oxygens (including phenoxy) is 2. The molecule has 1 atom stereocenters. The second-order valence-electron chi connectivity index (χ2n) is 7.63. The number of imidazole rings is 1. The average Bonchev–Trinajstić information content (AvgIpc) is 3.00. The predicted octanol–water partition coefficient (Wildman–Crippen LogP) is 2.34. The van der Waals surface area contributed by atoms with Gasteiger partial charge in [0.2, 0.25) is 0 Å². The number of aryl methyl sites for hydroxylation is 1. The van der Waals surface area contributed by atoms with E-state index in [4.69, 9.17) is 15.2 Å². The summed E-state index contributed by atoms with van der Waals surface area (Å²) in [5.41, 5.74) is 10.0. The van der Waals surface area contributed by atoms with Crippen LogP contribution in [0, 0.1) is 0 Å². The molecule has 2 aliphatic rings. The maximum Gasteiger partial charge on any atom is 0.328 e. The first-order valence-corrected chi connectivity index (χ1v) is 9.93. The van der Waals surface area contributed by atoms with Crippen LogP contribution in [0.3, 0.4) is 0 Å². The Labute approximate surface area is 167 Å². The number of aromatic nitrogens is 4. The molecule has 0 radical (unpaired) electrons. The van der Waals surface area contributed by atoms with Crippen LogP contribution in [0.15, 0.2) is 29.1 Å². The van der Waals surface area contributed by atoms with Gasteiger partial charge >= 0.3 is 11.7 Å². The zero-order valence-corrected chi connectivity index (χ0v) is 16.3. The SMILES string of the molecule is CC1CCc2cc3cc(c2O1)C/C=C\CCOc1nc(N)c2[nH]c(=O)n(c2n1)C3. The first kappa shape index (κ1) is 17.8. The van der Waals surface area contributed by atoms with Crippen molar-refractivity contribution in [3.63, 3.8) is 0 Å². The molecule has 0 saturated carbocycles. The van der Waals surface area contributed by atoms with Crippen LogP contribution in [0.5, 0.6) is 11.8 Å². The quantitative estimate of drug-likeness (QED) is 0.568. The molecule has 29 heavy (non-hydrogen) atoms. The van der Waals surface area contributed by atoms with Crippen LogP contribution in [-0.4, -0.2) is 32.2 Å². The monoisotopic (exact) mass is 393 g/mol. The highest BCUT2D eigenvalue weighted by Gasteiger charge is 2.21. The zero-order chi connectivity index (χ0) is 20.0. The molecular weight excluding hydrogens is 370 g/mol. The van der Waals surface area contributed by atoms with E-state index < -0.39 is 0 Å². The summed E-state index contributed by atoms with van der Waals surface area (Å²) >= 11 is 0. The number of anilines is 1. The lowest BCUT2D eigenvalue weighted by atomic mass is 9.95. The topological polar surface area (TPSA) is 108 Å². The highest BCUT2D eigenvalue weighted by atomic mass is 16.5. The summed E-state index contributed by atoms with van der Waals surface area (Å²) in [5.74, 6) is 1.19. The normalized spacial score (nSPS) is 19.8. The number of hydrogen-bond donors (Lipinski definition) is 2. The van der Waals surface area contributed by atoms with Gasteiger partial charge in [-0.1, -0.05) is 18.2 Å². The summed E-state index contributed by atoms with van der Waals surface area (Å²) < 4.78 is 13.4. The van der Waals surface area contributed by atoms with Crippen LogP contribution in [-0.2, 0) is 19.4 Å². The lowest BCUT2D eigenvalue weighted by Crippen LogP contribution is -2.21. The number of nitrogens with two attached hydrogens (primary N) is 1. The van der Waals surface area contributed by atoms with Crippen molar-refractivity contribution in [2.45, 2.75) is 45.3 Å². The number of benzene rings is 1. The molecule has 3 N–H and O–H groups in total. The maximum atomic E-state index is 12.6. The van der Waals surface area contributed by atoms with Gasteiger partial charge < -0.3 is 20.2 Å². The summed E-state index contributed by atoms with van der Waals surface area (Å²) in [4.78, 5) is 24.0. The number of nitrogen functional groups attached to an aromatic ring is 1. The zero-order valence-electron chi connectivity index (χ0n) is 16.3. The minimum atomic E-state index is -0.269. The average molecular weight is 393 g/mol. The maximum absolute atomic E-state index is 12.6.